The molecule has 1 fully saturated rings. The molecule has 1 atom stereocenters. The molecule has 3 aromatic rings. The number of likely N-dealkylation sites (N-methyl/N-ethyl adjacent to an activating group) is 1. The third-order valence-corrected chi connectivity index (χ3v) is 7.82. The molecule has 9 nitrogen and oxygen atoms in total. The van der Waals surface area contributed by atoms with E-state index in [0.29, 0.717) is 24.0 Å². The molecule has 38 heavy (non-hydrogen) atoms. The number of aryl methyl sites for hydroxylation is 2. The lowest BCUT2D eigenvalue weighted by molar-refractivity contribution is 0.108. The molecule has 1 aliphatic heterocycles. The Balaban J connectivity index is 1.60. The number of benzene rings is 1. The summed E-state index contributed by atoms with van der Waals surface area (Å²) in [6, 6.07) is 7.69. The lowest BCUT2D eigenvalue weighted by atomic mass is 9.98. The zero-order valence-corrected chi connectivity index (χ0v) is 23.9. The Morgan fingerprint density at radius 3 is 2.68 bits per heavy atom. The predicted octanol–water partition coefficient (Wildman–Crippen LogP) is 4.47. The molecule has 0 aliphatic carbocycles. The van der Waals surface area contributed by atoms with E-state index in [4.69, 9.17) is 19.2 Å². The highest BCUT2D eigenvalue weighted by Crippen LogP contribution is 2.34. The molecule has 3 heterocycles. The van der Waals surface area contributed by atoms with Crippen LogP contribution < -0.4 is 15.4 Å². The van der Waals surface area contributed by atoms with Gasteiger partial charge in [-0.05, 0) is 58.7 Å². The third kappa shape index (κ3) is 7.05. The van der Waals surface area contributed by atoms with Crippen molar-refractivity contribution in [3.05, 3.63) is 41.3 Å². The van der Waals surface area contributed by atoms with Crippen LogP contribution in [0.4, 0.5) is 5.82 Å². The Bertz CT molecular complexity index is 1180. The molecule has 1 saturated heterocycles. The Hall–Kier alpha value is -2.66. The Morgan fingerprint density at radius 1 is 1.21 bits per heavy atom. The fraction of sp³-hybridized carbons (Fsp3) is 0.536. The van der Waals surface area contributed by atoms with Gasteiger partial charge in [0.1, 0.15) is 30.0 Å². The van der Waals surface area contributed by atoms with E-state index >= 15 is 0 Å². The van der Waals surface area contributed by atoms with Crippen LogP contribution in [0.3, 0.4) is 0 Å². The molecule has 206 valence electrons. The quantitative estimate of drug-likeness (QED) is 0.285. The fourth-order valence-electron chi connectivity index (χ4n) is 4.76. The number of hydrogen-bond acceptors (Lipinski definition) is 10. The maximum Gasteiger partial charge on any atom is 0.162 e. The Morgan fingerprint density at radius 2 is 2.00 bits per heavy atom. The summed E-state index contributed by atoms with van der Waals surface area (Å²) in [6.45, 7) is 11.9. The van der Waals surface area contributed by atoms with Crippen molar-refractivity contribution in [3.8, 4) is 28.4 Å². The van der Waals surface area contributed by atoms with Crippen LogP contribution in [-0.4, -0.2) is 76.2 Å². The van der Waals surface area contributed by atoms with Crippen molar-refractivity contribution < 1.29 is 14.4 Å². The number of piperidine rings is 1. The SMILES string of the molecule is CCSN1CCC(CNc2nc(-c3cccc(OCC(O)CNC)c3)nc(-c3c(C)noc3C)c2C)CC1. The molecular formula is C28H40N6O3S. The number of aliphatic hydroxyl groups is 1. The lowest BCUT2D eigenvalue weighted by Crippen LogP contribution is -2.32. The zero-order chi connectivity index (χ0) is 27.1. The number of rotatable bonds is 12. The first-order valence-electron chi connectivity index (χ1n) is 13.4. The summed E-state index contributed by atoms with van der Waals surface area (Å²) < 4.78 is 13.8. The molecule has 4 rings (SSSR count). The van der Waals surface area contributed by atoms with Gasteiger partial charge < -0.3 is 25.0 Å². The van der Waals surface area contributed by atoms with Gasteiger partial charge in [0.15, 0.2) is 5.82 Å². The van der Waals surface area contributed by atoms with Crippen molar-refractivity contribution in [2.75, 3.05) is 50.9 Å². The van der Waals surface area contributed by atoms with Crippen molar-refractivity contribution in [1.82, 2.24) is 24.7 Å². The highest BCUT2D eigenvalue weighted by molar-refractivity contribution is 7.96. The Kier molecular flexibility index (Phi) is 10.0. The number of anilines is 1. The van der Waals surface area contributed by atoms with Crippen LogP contribution in [0.15, 0.2) is 28.8 Å². The molecule has 0 radical (unpaired) electrons. The average molecular weight is 541 g/mol. The van der Waals surface area contributed by atoms with E-state index in [1.54, 1.807) is 7.05 Å². The van der Waals surface area contributed by atoms with Gasteiger partial charge in [-0.3, -0.25) is 4.31 Å². The Labute approximate surface area is 229 Å². The van der Waals surface area contributed by atoms with Crippen molar-refractivity contribution in [1.29, 1.82) is 0 Å². The summed E-state index contributed by atoms with van der Waals surface area (Å²) in [5.74, 6) is 4.54. The van der Waals surface area contributed by atoms with Gasteiger partial charge in [-0.1, -0.05) is 36.2 Å². The number of aliphatic hydroxyl groups excluding tert-OH is 1. The van der Waals surface area contributed by atoms with Crippen LogP contribution in [-0.2, 0) is 0 Å². The largest absolute Gasteiger partial charge is 0.491 e. The minimum atomic E-state index is -0.589. The molecule has 2 aromatic heterocycles. The van der Waals surface area contributed by atoms with E-state index in [0.717, 1.165) is 65.0 Å². The third-order valence-electron chi connectivity index (χ3n) is 6.83. The predicted molar refractivity (Wildman–Crippen MR) is 154 cm³/mol. The van der Waals surface area contributed by atoms with Gasteiger partial charge in [-0.15, -0.1) is 0 Å². The molecule has 10 heteroatoms. The maximum absolute atomic E-state index is 10.0. The highest BCUT2D eigenvalue weighted by atomic mass is 32.2. The van der Waals surface area contributed by atoms with Gasteiger partial charge in [0.05, 0.1) is 17.0 Å². The van der Waals surface area contributed by atoms with Gasteiger partial charge in [0.2, 0.25) is 0 Å². The molecule has 1 aliphatic rings. The minimum absolute atomic E-state index is 0.200. The molecule has 1 unspecified atom stereocenters. The highest BCUT2D eigenvalue weighted by Gasteiger charge is 2.23. The first kappa shape index (κ1) is 28.4. The van der Waals surface area contributed by atoms with E-state index in [1.807, 2.05) is 50.1 Å². The smallest absolute Gasteiger partial charge is 0.162 e. The van der Waals surface area contributed by atoms with Crippen molar-refractivity contribution in [2.45, 2.75) is 46.6 Å². The van der Waals surface area contributed by atoms with Crippen LogP contribution in [0.2, 0.25) is 0 Å². The first-order chi connectivity index (χ1) is 18.4. The van der Waals surface area contributed by atoms with Gasteiger partial charge in [0, 0.05) is 43.1 Å². The van der Waals surface area contributed by atoms with Crippen LogP contribution in [0, 0.1) is 26.7 Å². The summed E-state index contributed by atoms with van der Waals surface area (Å²) in [5.41, 5.74) is 4.34. The number of nitrogens with zero attached hydrogens (tertiary/aromatic N) is 4. The van der Waals surface area contributed by atoms with Crippen LogP contribution in [0.25, 0.3) is 22.6 Å². The minimum Gasteiger partial charge on any atom is -0.491 e. The van der Waals surface area contributed by atoms with E-state index in [-0.39, 0.29) is 6.61 Å². The first-order valence-corrected chi connectivity index (χ1v) is 14.3. The van der Waals surface area contributed by atoms with Crippen LogP contribution >= 0.6 is 11.9 Å². The second kappa shape index (κ2) is 13.4. The number of hydrogen-bond donors (Lipinski definition) is 3. The lowest BCUT2D eigenvalue weighted by Gasteiger charge is -2.31. The molecule has 3 N–H and O–H groups in total. The topological polar surface area (TPSA) is 109 Å². The molecule has 0 bridgehead atoms. The molecule has 0 spiro atoms. The van der Waals surface area contributed by atoms with E-state index in [1.165, 1.54) is 12.8 Å². The van der Waals surface area contributed by atoms with Crippen LogP contribution in [0.5, 0.6) is 5.75 Å². The van der Waals surface area contributed by atoms with Gasteiger partial charge >= 0.3 is 0 Å². The molecular weight excluding hydrogens is 500 g/mol. The number of aromatic nitrogens is 3. The van der Waals surface area contributed by atoms with Gasteiger partial charge in [0.25, 0.3) is 0 Å². The van der Waals surface area contributed by atoms with Gasteiger partial charge in [-0.2, -0.15) is 0 Å². The average Bonchev–Trinajstić information content (AvgIpc) is 3.25. The van der Waals surface area contributed by atoms with E-state index < -0.39 is 6.10 Å². The number of ether oxygens (including phenoxy) is 1. The molecule has 0 amide bonds. The van der Waals surface area contributed by atoms with E-state index in [9.17, 15) is 5.11 Å². The fourth-order valence-corrected chi connectivity index (χ4v) is 5.59. The zero-order valence-electron chi connectivity index (χ0n) is 23.1. The monoisotopic (exact) mass is 540 g/mol. The second-order valence-corrected chi connectivity index (χ2v) is 11.1. The standard InChI is InChI=1S/C28H40N6O3S/c1-6-38-34-12-10-21(11-13-34)15-30-27-18(2)26(25-19(3)33-37-20(25)4)31-28(32-27)22-8-7-9-24(14-22)36-17-23(35)16-29-5/h7-9,14,21,23,29,35H,6,10-13,15-17H2,1-5H3,(H,30,31,32). The van der Waals surface area contributed by atoms with E-state index in [2.05, 4.69) is 33.9 Å². The normalized spacial score (nSPS) is 15.5. The maximum atomic E-state index is 10.0. The van der Waals surface area contributed by atoms with Gasteiger partial charge in [-0.25, -0.2) is 9.97 Å². The molecule has 0 saturated carbocycles. The molecule has 1 aromatic carbocycles. The summed E-state index contributed by atoms with van der Waals surface area (Å²) in [6.07, 6.45) is 1.76. The van der Waals surface area contributed by atoms with Crippen molar-refractivity contribution in [2.24, 2.45) is 5.92 Å². The summed E-state index contributed by atoms with van der Waals surface area (Å²) in [5, 5.41) is 20.8. The second-order valence-electron chi connectivity index (χ2n) is 9.79. The van der Waals surface area contributed by atoms with Crippen molar-refractivity contribution >= 4 is 17.8 Å². The summed E-state index contributed by atoms with van der Waals surface area (Å²) in [7, 11) is 1.80. The summed E-state index contributed by atoms with van der Waals surface area (Å²) in [4.78, 5) is 9.95. The van der Waals surface area contributed by atoms with Crippen LogP contribution in [0.1, 0.15) is 36.8 Å². The van der Waals surface area contributed by atoms with Crippen molar-refractivity contribution in [3.63, 3.8) is 0 Å². The summed E-state index contributed by atoms with van der Waals surface area (Å²) >= 11 is 1.93. The number of nitrogens with one attached hydrogen (secondary N) is 2.